The van der Waals surface area contributed by atoms with Gasteiger partial charge >= 0.3 is 0 Å². The first-order chi connectivity index (χ1) is 11.9. The highest BCUT2D eigenvalue weighted by Crippen LogP contribution is 2.42. The first-order valence-electron chi connectivity index (χ1n) is 9.02. The fourth-order valence-corrected chi connectivity index (χ4v) is 4.76. The predicted octanol–water partition coefficient (Wildman–Crippen LogP) is 2.32. The Morgan fingerprint density at radius 1 is 1.16 bits per heavy atom. The number of carbonyl (C=O) groups is 1. The summed E-state index contributed by atoms with van der Waals surface area (Å²) in [6.45, 7) is 2.31. The molecule has 0 unspecified atom stereocenters. The van der Waals surface area contributed by atoms with Gasteiger partial charge in [-0.05, 0) is 49.4 Å². The van der Waals surface area contributed by atoms with Crippen molar-refractivity contribution in [2.24, 2.45) is 10.6 Å². The number of amides is 1. The number of nitrogens with two attached hydrogens (primary N) is 1. The van der Waals surface area contributed by atoms with E-state index >= 15 is 0 Å². The molecule has 1 heterocycles. The Hall–Kier alpha value is -1.44. The lowest BCUT2D eigenvalue weighted by molar-refractivity contribution is -0.117. The number of anilines is 1. The van der Waals surface area contributed by atoms with Gasteiger partial charge in [-0.1, -0.05) is 31.7 Å². The fourth-order valence-electron chi connectivity index (χ4n) is 4.20. The number of sulfonamides is 1. The maximum absolute atomic E-state index is 12.3. The molecule has 1 amide bonds. The van der Waals surface area contributed by atoms with Crippen LogP contribution in [0, 0.1) is 5.41 Å². The summed E-state index contributed by atoms with van der Waals surface area (Å²) in [5, 5.41) is 7.92. The van der Waals surface area contributed by atoms with E-state index in [1.54, 1.807) is 12.1 Å². The summed E-state index contributed by atoms with van der Waals surface area (Å²) in [6, 6.07) is 6.06. The zero-order valence-corrected chi connectivity index (χ0v) is 15.4. The van der Waals surface area contributed by atoms with Crippen molar-refractivity contribution in [1.82, 2.24) is 4.90 Å². The zero-order chi connectivity index (χ0) is 17.9. The summed E-state index contributed by atoms with van der Waals surface area (Å²) in [6.07, 6.45) is 9.02. The Kier molecular flexibility index (Phi) is 5.46. The maximum atomic E-state index is 12.3. The molecule has 1 aromatic rings. The molecule has 3 rings (SSSR count). The lowest BCUT2D eigenvalue weighted by atomic mass is 9.80. The van der Waals surface area contributed by atoms with Crippen LogP contribution in [0.1, 0.15) is 44.9 Å². The van der Waals surface area contributed by atoms with E-state index in [2.05, 4.69) is 10.2 Å². The summed E-state index contributed by atoms with van der Waals surface area (Å²) in [5.41, 5.74) is 0.865. The molecule has 1 saturated heterocycles. The van der Waals surface area contributed by atoms with Crippen molar-refractivity contribution in [2.75, 3.05) is 25.0 Å². The number of nitrogens with zero attached hydrogens (tertiary/aromatic N) is 1. The van der Waals surface area contributed by atoms with Gasteiger partial charge in [0.2, 0.25) is 15.9 Å². The van der Waals surface area contributed by atoms with Crippen molar-refractivity contribution < 1.29 is 13.2 Å². The van der Waals surface area contributed by atoms with Crippen LogP contribution in [0.5, 0.6) is 0 Å². The molecule has 1 aliphatic carbocycles. The molecule has 0 atom stereocenters. The first kappa shape index (κ1) is 18.4. The minimum atomic E-state index is -3.77. The quantitative estimate of drug-likeness (QED) is 0.856. The van der Waals surface area contributed by atoms with Gasteiger partial charge in [-0.3, -0.25) is 9.69 Å². The molecule has 6 nitrogen and oxygen atoms in total. The number of hydrogen-bond donors (Lipinski definition) is 2. The summed E-state index contributed by atoms with van der Waals surface area (Å²) in [7, 11) is -3.77. The van der Waals surface area contributed by atoms with Gasteiger partial charge in [0, 0.05) is 12.2 Å². The van der Waals surface area contributed by atoms with Gasteiger partial charge in [0.05, 0.1) is 11.4 Å². The van der Waals surface area contributed by atoms with Gasteiger partial charge in [0.15, 0.2) is 0 Å². The Bertz CT molecular complexity index is 725. The Balaban J connectivity index is 1.57. The molecule has 138 valence electrons. The summed E-state index contributed by atoms with van der Waals surface area (Å²) in [5.74, 6) is -0.114. The highest BCUT2D eigenvalue weighted by Gasteiger charge is 2.38. The van der Waals surface area contributed by atoms with Gasteiger partial charge < -0.3 is 5.32 Å². The van der Waals surface area contributed by atoms with E-state index in [0.29, 0.717) is 17.6 Å². The van der Waals surface area contributed by atoms with Crippen LogP contribution in [-0.4, -0.2) is 38.9 Å². The second kappa shape index (κ2) is 7.43. The normalized spacial score (nSPS) is 21.2. The average molecular weight is 365 g/mol. The van der Waals surface area contributed by atoms with Gasteiger partial charge in [0.25, 0.3) is 0 Å². The van der Waals surface area contributed by atoms with Crippen molar-refractivity contribution in [3.8, 4) is 0 Å². The second-order valence-corrected chi connectivity index (χ2v) is 9.06. The summed E-state index contributed by atoms with van der Waals surface area (Å²) in [4.78, 5) is 14.6. The van der Waals surface area contributed by atoms with Crippen molar-refractivity contribution >= 4 is 21.6 Å². The third-order valence-electron chi connectivity index (χ3n) is 5.50. The highest BCUT2D eigenvalue weighted by molar-refractivity contribution is 7.89. The van der Waals surface area contributed by atoms with E-state index in [1.807, 2.05) is 0 Å². The number of carbonyl (C=O) groups excluding carboxylic acids is 1. The number of rotatable bonds is 4. The molecule has 3 N–H and O–H groups in total. The van der Waals surface area contributed by atoms with Crippen LogP contribution < -0.4 is 10.5 Å². The fraction of sp³-hybridized carbons (Fsp3) is 0.611. The first-order valence-corrected chi connectivity index (χ1v) is 10.6. The van der Waals surface area contributed by atoms with Crippen molar-refractivity contribution in [2.45, 2.75) is 49.8 Å². The number of nitrogens with one attached hydrogen (secondary N) is 1. The number of hydrogen-bond acceptors (Lipinski definition) is 4. The third kappa shape index (κ3) is 4.80. The van der Waals surface area contributed by atoms with Gasteiger partial charge in [-0.25, -0.2) is 13.6 Å². The van der Waals surface area contributed by atoms with Crippen molar-refractivity contribution in [1.29, 1.82) is 0 Å². The van der Waals surface area contributed by atoms with Crippen LogP contribution in [0.25, 0.3) is 0 Å². The number of primary sulfonamides is 1. The SMILES string of the molecule is NS(=O)(=O)c1cccc(NC(=O)CN2CCC3(CCCCCC3)C2)c1. The van der Waals surface area contributed by atoms with Crippen LogP contribution in [0.4, 0.5) is 5.69 Å². The Morgan fingerprint density at radius 2 is 1.88 bits per heavy atom. The Morgan fingerprint density at radius 3 is 2.56 bits per heavy atom. The molecular formula is C18H27N3O3S. The molecule has 25 heavy (non-hydrogen) atoms. The maximum Gasteiger partial charge on any atom is 0.238 e. The zero-order valence-electron chi connectivity index (χ0n) is 14.5. The molecule has 1 aromatic carbocycles. The Labute approximate surface area is 149 Å². The van der Waals surface area contributed by atoms with Crippen LogP contribution in [0.15, 0.2) is 29.2 Å². The lowest BCUT2D eigenvalue weighted by Gasteiger charge is -2.27. The molecule has 0 bridgehead atoms. The smallest absolute Gasteiger partial charge is 0.238 e. The molecule has 1 spiro atoms. The molecule has 2 aliphatic rings. The second-order valence-electron chi connectivity index (χ2n) is 7.50. The minimum absolute atomic E-state index is 0.00359. The van der Waals surface area contributed by atoms with Crippen LogP contribution >= 0.6 is 0 Å². The average Bonchev–Trinajstić information content (AvgIpc) is 2.78. The minimum Gasteiger partial charge on any atom is -0.325 e. The monoisotopic (exact) mass is 365 g/mol. The number of benzene rings is 1. The molecule has 1 saturated carbocycles. The molecule has 2 fully saturated rings. The molecule has 0 aromatic heterocycles. The van der Waals surface area contributed by atoms with E-state index in [-0.39, 0.29) is 10.8 Å². The van der Waals surface area contributed by atoms with Crippen molar-refractivity contribution in [3.05, 3.63) is 24.3 Å². The van der Waals surface area contributed by atoms with E-state index in [4.69, 9.17) is 5.14 Å². The van der Waals surface area contributed by atoms with Gasteiger partial charge in [-0.2, -0.15) is 0 Å². The molecular weight excluding hydrogens is 338 g/mol. The molecule has 7 heteroatoms. The van der Waals surface area contributed by atoms with Crippen LogP contribution in [0.3, 0.4) is 0 Å². The molecule has 1 aliphatic heterocycles. The molecule has 0 radical (unpaired) electrons. The van der Waals surface area contributed by atoms with E-state index < -0.39 is 10.0 Å². The largest absolute Gasteiger partial charge is 0.325 e. The number of likely N-dealkylation sites (tertiary alicyclic amines) is 1. The lowest BCUT2D eigenvalue weighted by Crippen LogP contribution is -2.33. The van der Waals surface area contributed by atoms with Gasteiger partial charge in [-0.15, -0.1) is 0 Å². The van der Waals surface area contributed by atoms with Crippen molar-refractivity contribution in [3.63, 3.8) is 0 Å². The van der Waals surface area contributed by atoms with Crippen LogP contribution in [0.2, 0.25) is 0 Å². The topological polar surface area (TPSA) is 92.5 Å². The standard InChI is InChI=1S/C18H27N3O3S/c19-25(23,24)16-7-5-6-15(12-16)20-17(22)13-21-11-10-18(14-21)8-3-1-2-4-9-18/h5-7,12H,1-4,8-11,13-14H2,(H,20,22)(H2,19,23,24). The van der Waals surface area contributed by atoms with Crippen LogP contribution in [-0.2, 0) is 14.8 Å². The van der Waals surface area contributed by atoms with E-state index in [0.717, 1.165) is 13.1 Å². The van der Waals surface area contributed by atoms with E-state index in [1.165, 1.54) is 57.1 Å². The van der Waals surface area contributed by atoms with Gasteiger partial charge in [0.1, 0.15) is 0 Å². The third-order valence-corrected chi connectivity index (χ3v) is 6.41. The summed E-state index contributed by atoms with van der Waals surface area (Å²) >= 11 is 0. The van der Waals surface area contributed by atoms with E-state index in [9.17, 15) is 13.2 Å². The summed E-state index contributed by atoms with van der Waals surface area (Å²) < 4.78 is 22.8. The highest BCUT2D eigenvalue weighted by atomic mass is 32.2. The predicted molar refractivity (Wildman–Crippen MR) is 97.6 cm³/mol.